The fraction of sp³-hybridized carbons (Fsp3) is 0.778. The number of azo groups is 1. The van der Waals surface area contributed by atoms with E-state index in [2.05, 4.69) is 10.2 Å². The number of ether oxygens (including phenoxy) is 1. The van der Waals surface area contributed by atoms with Crippen molar-refractivity contribution in [1.29, 1.82) is 0 Å². The molecule has 5 nitrogen and oxygen atoms in total. The van der Waals surface area contributed by atoms with Crippen LogP contribution in [0.5, 0.6) is 0 Å². The molecule has 2 unspecified atom stereocenters. The molecule has 0 aromatic heterocycles. The lowest BCUT2D eigenvalue weighted by atomic mass is 9.88. The van der Waals surface area contributed by atoms with E-state index in [1.807, 2.05) is 39.8 Å². The van der Waals surface area contributed by atoms with Gasteiger partial charge in [-0.1, -0.05) is 26.0 Å². The smallest absolute Gasteiger partial charge is 0.334 e. The van der Waals surface area contributed by atoms with Gasteiger partial charge in [-0.2, -0.15) is 10.2 Å². The maximum Gasteiger partial charge on any atom is 0.334 e. The van der Waals surface area contributed by atoms with Crippen LogP contribution in [-0.4, -0.2) is 29.4 Å². The zero-order valence-electron chi connectivity index (χ0n) is 14.6. The summed E-state index contributed by atoms with van der Waals surface area (Å²) in [6, 6.07) is -0.849. The average molecular weight is 320 g/mol. The van der Waals surface area contributed by atoms with Gasteiger partial charge in [0, 0.05) is 12.8 Å². The Morgan fingerprint density at radius 2 is 2.00 bits per heavy atom. The highest BCUT2D eigenvalue weighted by molar-refractivity contribution is 5.90. The number of ketones is 1. The lowest BCUT2D eigenvalue weighted by Gasteiger charge is -2.32. The van der Waals surface area contributed by atoms with E-state index < -0.39 is 23.5 Å². The topological polar surface area (TPSA) is 68.1 Å². The van der Waals surface area contributed by atoms with Crippen LogP contribution >= 0.6 is 0 Å². The summed E-state index contributed by atoms with van der Waals surface area (Å²) in [5, 5.41) is 8.62. The number of carbonyl (C=O) groups is 2. The molecule has 0 saturated heterocycles. The van der Waals surface area contributed by atoms with Crippen LogP contribution < -0.4 is 0 Å². The Kier molecular flexibility index (Phi) is 5.71. The molecular formula is C18H28N2O3. The zero-order chi connectivity index (χ0) is 17.0. The molecule has 1 aliphatic carbocycles. The lowest BCUT2D eigenvalue weighted by Crippen LogP contribution is -2.41. The van der Waals surface area contributed by atoms with Crippen LogP contribution in [0.3, 0.4) is 0 Å². The Hall–Kier alpha value is -1.52. The third-order valence-corrected chi connectivity index (χ3v) is 4.51. The van der Waals surface area contributed by atoms with Crippen molar-refractivity contribution in [1.82, 2.24) is 0 Å². The standard InChI is InChI=1S/C18H28N2O3/c1-12(2)15-11-18(3,4)20-19-16(17(22)23-15)13-9-7-5-6-8-10-14(13)21/h7,9,12-13,15-16H,5-6,8,10-11H2,1-4H3/b9-7-,20-19-/t13?,15-,16?/m1/s1. The third kappa shape index (κ3) is 4.72. The molecule has 0 fully saturated rings. The highest BCUT2D eigenvalue weighted by Crippen LogP contribution is 2.29. The second-order valence-electron chi connectivity index (χ2n) is 7.56. The van der Waals surface area contributed by atoms with Gasteiger partial charge in [-0.05, 0) is 39.0 Å². The molecule has 0 spiro atoms. The van der Waals surface area contributed by atoms with Gasteiger partial charge in [0.05, 0.1) is 11.5 Å². The second-order valence-corrected chi connectivity index (χ2v) is 7.56. The number of cyclic esters (lactones) is 1. The number of nitrogens with zero attached hydrogens (tertiary/aromatic N) is 2. The fourth-order valence-electron chi connectivity index (χ4n) is 3.01. The first-order chi connectivity index (χ1) is 10.8. The molecule has 0 aromatic carbocycles. The maximum atomic E-state index is 12.6. The molecule has 1 aliphatic heterocycles. The number of Topliss-reactive ketones (excluding diaryl/α,β-unsaturated/α-hetero) is 1. The first-order valence-corrected chi connectivity index (χ1v) is 8.62. The minimum absolute atomic E-state index is 0.0568. The second kappa shape index (κ2) is 7.37. The van der Waals surface area contributed by atoms with Crippen LogP contribution in [0.4, 0.5) is 0 Å². The summed E-state index contributed by atoms with van der Waals surface area (Å²) in [4.78, 5) is 25.0. The molecule has 0 radical (unpaired) electrons. The Morgan fingerprint density at radius 3 is 2.70 bits per heavy atom. The summed E-state index contributed by atoms with van der Waals surface area (Å²) in [6.45, 7) is 8.03. The number of hydrogen-bond acceptors (Lipinski definition) is 5. The number of hydrogen-bond donors (Lipinski definition) is 0. The van der Waals surface area contributed by atoms with Gasteiger partial charge in [0.2, 0.25) is 0 Å². The van der Waals surface area contributed by atoms with Crippen molar-refractivity contribution in [2.24, 2.45) is 22.1 Å². The van der Waals surface area contributed by atoms with Gasteiger partial charge in [-0.25, -0.2) is 4.79 Å². The minimum Gasteiger partial charge on any atom is -0.460 e. The van der Waals surface area contributed by atoms with Crippen LogP contribution in [0.2, 0.25) is 0 Å². The summed E-state index contributed by atoms with van der Waals surface area (Å²) in [5.74, 6) is -0.711. The normalized spacial score (nSPS) is 34.7. The molecule has 0 N–H and O–H groups in total. The van der Waals surface area contributed by atoms with Gasteiger partial charge >= 0.3 is 5.97 Å². The molecule has 5 heteroatoms. The predicted molar refractivity (Wildman–Crippen MR) is 88.2 cm³/mol. The Labute approximate surface area is 138 Å². The van der Waals surface area contributed by atoms with E-state index in [-0.39, 0.29) is 17.8 Å². The predicted octanol–water partition coefficient (Wildman–Crippen LogP) is 3.87. The summed E-state index contributed by atoms with van der Waals surface area (Å²) < 4.78 is 5.70. The molecule has 128 valence electrons. The first-order valence-electron chi connectivity index (χ1n) is 8.62. The van der Waals surface area contributed by atoms with E-state index in [1.165, 1.54) is 0 Å². The summed E-state index contributed by atoms with van der Waals surface area (Å²) in [5.41, 5.74) is -0.401. The van der Waals surface area contributed by atoms with Gasteiger partial charge < -0.3 is 4.74 Å². The van der Waals surface area contributed by atoms with E-state index in [4.69, 9.17) is 4.74 Å². The molecular weight excluding hydrogens is 292 g/mol. The Balaban J connectivity index is 2.31. The van der Waals surface area contributed by atoms with E-state index in [1.54, 1.807) is 0 Å². The molecule has 0 aromatic rings. The monoisotopic (exact) mass is 320 g/mol. The van der Waals surface area contributed by atoms with Crippen molar-refractivity contribution >= 4 is 11.8 Å². The first kappa shape index (κ1) is 17.8. The van der Waals surface area contributed by atoms with Gasteiger partial charge in [-0.3, -0.25) is 4.79 Å². The van der Waals surface area contributed by atoms with Crippen molar-refractivity contribution in [3.63, 3.8) is 0 Å². The Bertz CT molecular complexity index is 508. The molecule has 3 atom stereocenters. The highest BCUT2D eigenvalue weighted by Gasteiger charge is 2.39. The van der Waals surface area contributed by atoms with Crippen LogP contribution in [0, 0.1) is 11.8 Å². The maximum absolute atomic E-state index is 12.6. The van der Waals surface area contributed by atoms with E-state index >= 15 is 0 Å². The molecule has 2 aliphatic rings. The van der Waals surface area contributed by atoms with Crippen LogP contribution in [0.1, 0.15) is 59.8 Å². The van der Waals surface area contributed by atoms with Crippen LogP contribution in [0.15, 0.2) is 22.4 Å². The van der Waals surface area contributed by atoms with Crippen LogP contribution in [-0.2, 0) is 14.3 Å². The van der Waals surface area contributed by atoms with Gasteiger partial charge in [0.25, 0.3) is 0 Å². The van der Waals surface area contributed by atoms with E-state index in [9.17, 15) is 9.59 Å². The molecule has 0 saturated carbocycles. The third-order valence-electron chi connectivity index (χ3n) is 4.51. The summed E-state index contributed by atoms with van der Waals surface area (Å²) >= 11 is 0. The van der Waals surface area contributed by atoms with Gasteiger partial charge in [-0.15, -0.1) is 0 Å². The quantitative estimate of drug-likeness (QED) is 0.573. The number of esters is 1. The van der Waals surface area contributed by atoms with Gasteiger partial charge in [0.15, 0.2) is 6.04 Å². The van der Waals surface area contributed by atoms with Crippen molar-refractivity contribution in [3.05, 3.63) is 12.2 Å². The largest absolute Gasteiger partial charge is 0.460 e. The van der Waals surface area contributed by atoms with Gasteiger partial charge in [0.1, 0.15) is 11.9 Å². The molecule has 0 amide bonds. The molecule has 0 bridgehead atoms. The van der Waals surface area contributed by atoms with E-state index in [0.29, 0.717) is 12.8 Å². The van der Waals surface area contributed by atoms with Crippen molar-refractivity contribution in [2.45, 2.75) is 77.5 Å². The average Bonchev–Trinajstić information content (AvgIpc) is 2.43. The number of carbonyl (C=O) groups excluding carboxylic acids is 2. The van der Waals surface area contributed by atoms with Crippen molar-refractivity contribution < 1.29 is 14.3 Å². The molecule has 2 rings (SSSR count). The Morgan fingerprint density at radius 1 is 1.26 bits per heavy atom. The SMILES string of the molecule is CC(C)[C@H]1CC(C)(C)/N=N\C(C2/C=C\CCCCC2=O)C(=O)O1. The lowest BCUT2D eigenvalue weighted by molar-refractivity contribution is -0.157. The van der Waals surface area contributed by atoms with E-state index in [0.717, 1.165) is 19.3 Å². The van der Waals surface area contributed by atoms with Crippen molar-refractivity contribution in [3.8, 4) is 0 Å². The van der Waals surface area contributed by atoms with Crippen molar-refractivity contribution in [2.75, 3.05) is 0 Å². The number of allylic oxidation sites excluding steroid dienone is 1. The minimum atomic E-state index is -0.849. The molecule has 1 heterocycles. The van der Waals surface area contributed by atoms with Crippen LogP contribution in [0.25, 0.3) is 0 Å². The summed E-state index contributed by atoms with van der Waals surface area (Å²) in [6.07, 6.45) is 7.54. The molecule has 23 heavy (non-hydrogen) atoms. The fourth-order valence-corrected chi connectivity index (χ4v) is 3.01. The summed E-state index contributed by atoms with van der Waals surface area (Å²) in [7, 11) is 0. The highest BCUT2D eigenvalue weighted by atomic mass is 16.5. The zero-order valence-corrected chi connectivity index (χ0v) is 14.6. The number of rotatable bonds is 2.